The van der Waals surface area contributed by atoms with Gasteiger partial charge in [-0.2, -0.15) is 9.78 Å². The lowest BCUT2D eigenvalue weighted by molar-refractivity contribution is 0.0527. The molecular formula is C23H21FN4O4S. The third kappa shape index (κ3) is 4.29. The van der Waals surface area contributed by atoms with Gasteiger partial charge in [0.1, 0.15) is 11.4 Å². The molecule has 0 bridgehead atoms. The van der Waals surface area contributed by atoms with Gasteiger partial charge in [-0.1, -0.05) is 18.2 Å². The van der Waals surface area contributed by atoms with Crippen LogP contribution in [-0.2, 0) is 14.8 Å². The molecule has 170 valence electrons. The Balaban J connectivity index is 1.88. The van der Waals surface area contributed by atoms with Gasteiger partial charge in [0, 0.05) is 5.39 Å². The molecule has 33 heavy (non-hydrogen) atoms. The van der Waals surface area contributed by atoms with E-state index in [9.17, 15) is 17.6 Å². The predicted molar refractivity (Wildman–Crippen MR) is 122 cm³/mol. The number of hydrogen-bond donors (Lipinski definition) is 1. The Labute approximate surface area is 190 Å². The van der Waals surface area contributed by atoms with Crippen LogP contribution in [0.3, 0.4) is 0 Å². The summed E-state index contributed by atoms with van der Waals surface area (Å²) in [6.45, 7) is 5.57. The number of halogens is 1. The zero-order valence-electron chi connectivity index (χ0n) is 18.2. The largest absolute Gasteiger partial charge is 0.462 e. The number of benzene rings is 2. The lowest BCUT2D eigenvalue weighted by Gasteiger charge is -2.14. The Morgan fingerprint density at radius 1 is 1.12 bits per heavy atom. The number of sulfonamides is 1. The van der Waals surface area contributed by atoms with Gasteiger partial charge in [-0.05, 0) is 62.2 Å². The summed E-state index contributed by atoms with van der Waals surface area (Å²) in [4.78, 5) is 17.0. The van der Waals surface area contributed by atoms with E-state index in [0.29, 0.717) is 5.82 Å². The quantitative estimate of drug-likeness (QED) is 0.427. The molecule has 8 nitrogen and oxygen atoms in total. The zero-order valence-corrected chi connectivity index (χ0v) is 19.0. The van der Waals surface area contributed by atoms with Crippen LogP contribution in [0, 0.1) is 19.7 Å². The van der Waals surface area contributed by atoms with Crippen LogP contribution in [0.15, 0.2) is 59.6 Å². The van der Waals surface area contributed by atoms with Gasteiger partial charge in [0.15, 0.2) is 11.6 Å². The van der Waals surface area contributed by atoms with E-state index in [4.69, 9.17) is 4.74 Å². The van der Waals surface area contributed by atoms with Crippen molar-refractivity contribution in [3.8, 4) is 5.82 Å². The fourth-order valence-corrected chi connectivity index (χ4v) is 4.49. The molecule has 4 rings (SSSR count). The number of nitrogens with one attached hydrogen (secondary N) is 1. The highest BCUT2D eigenvalue weighted by molar-refractivity contribution is 7.92. The van der Waals surface area contributed by atoms with Crippen molar-refractivity contribution >= 4 is 32.7 Å². The molecular weight excluding hydrogens is 447 g/mol. The number of hydrogen-bond acceptors (Lipinski definition) is 6. The van der Waals surface area contributed by atoms with Crippen LogP contribution in [0.1, 0.15) is 28.4 Å². The number of fused-ring (bicyclic) bond motifs is 1. The van der Waals surface area contributed by atoms with E-state index in [1.807, 2.05) is 32.0 Å². The number of anilines is 1. The zero-order chi connectivity index (χ0) is 23.8. The molecule has 0 aliphatic rings. The number of esters is 1. The summed E-state index contributed by atoms with van der Waals surface area (Å²) in [5.41, 5.74) is 2.49. The number of aromatic nitrogens is 3. The van der Waals surface area contributed by atoms with Crippen molar-refractivity contribution in [1.82, 2.24) is 14.8 Å². The minimum absolute atomic E-state index is 0.0770. The van der Waals surface area contributed by atoms with E-state index in [0.717, 1.165) is 46.3 Å². The number of aryl methyl sites for hydroxylation is 2. The Morgan fingerprint density at radius 3 is 2.55 bits per heavy atom. The van der Waals surface area contributed by atoms with Crippen molar-refractivity contribution in [2.75, 3.05) is 11.3 Å². The summed E-state index contributed by atoms with van der Waals surface area (Å²) in [6.07, 6.45) is 1.22. The second kappa shape index (κ2) is 8.62. The van der Waals surface area contributed by atoms with Gasteiger partial charge in [0.2, 0.25) is 0 Å². The summed E-state index contributed by atoms with van der Waals surface area (Å²) < 4.78 is 48.0. The van der Waals surface area contributed by atoms with Crippen molar-refractivity contribution in [3.05, 3.63) is 77.2 Å². The van der Waals surface area contributed by atoms with E-state index in [1.165, 1.54) is 10.9 Å². The smallest absolute Gasteiger partial charge is 0.343 e. The van der Waals surface area contributed by atoms with Crippen molar-refractivity contribution in [2.24, 2.45) is 0 Å². The first kappa shape index (κ1) is 22.4. The summed E-state index contributed by atoms with van der Waals surface area (Å²) in [7, 11) is -4.18. The van der Waals surface area contributed by atoms with Crippen LogP contribution in [0.5, 0.6) is 0 Å². The lowest BCUT2D eigenvalue weighted by Crippen LogP contribution is -2.19. The van der Waals surface area contributed by atoms with Crippen LogP contribution >= 0.6 is 0 Å². The van der Waals surface area contributed by atoms with Crippen LogP contribution in [0.2, 0.25) is 0 Å². The Morgan fingerprint density at radius 2 is 1.85 bits per heavy atom. The van der Waals surface area contributed by atoms with Gasteiger partial charge in [0.05, 0.1) is 23.2 Å². The third-order valence-corrected chi connectivity index (χ3v) is 6.43. The van der Waals surface area contributed by atoms with E-state index >= 15 is 0 Å². The molecule has 0 saturated carbocycles. The van der Waals surface area contributed by atoms with Crippen molar-refractivity contribution in [1.29, 1.82) is 0 Å². The Hall–Kier alpha value is -3.79. The van der Waals surface area contributed by atoms with Crippen LogP contribution in [0.25, 0.3) is 16.7 Å². The first-order valence-electron chi connectivity index (χ1n) is 10.1. The second-order valence-corrected chi connectivity index (χ2v) is 9.05. The lowest BCUT2D eigenvalue weighted by atomic mass is 10.1. The number of carbonyl (C=O) groups is 1. The number of rotatable bonds is 6. The molecule has 0 atom stereocenters. The minimum Gasteiger partial charge on any atom is -0.462 e. The van der Waals surface area contributed by atoms with Gasteiger partial charge in [-0.25, -0.2) is 22.6 Å². The summed E-state index contributed by atoms with van der Waals surface area (Å²) in [5.74, 6) is -1.12. The normalized spacial score (nSPS) is 11.5. The summed E-state index contributed by atoms with van der Waals surface area (Å²) in [6, 6.07) is 11.9. The molecule has 0 spiro atoms. The van der Waals surface area contributed by atoms with Gasteiger partial charge in [-0.3, -0.25) is 4.72 Å². The maximum atomic E-state index is 13.3. The number of nitrogens with zero attached hydrogens (tertiary/aromatic N) is 3. The van der Waals surface area contributed by atoms with Crippen molar-refractivity contribution in [2.45, 2.75) is 25.7 Å². The molecule has 10 heteroatoms. The topological polar surface area (TPSA) is 103 Å². The van der Waals surface area contributed by atoms with Gasteiger partial charge < -0.3 is 4.74 Å². The first-order valence-corrected chi connectivity index (χ1v) is 11.6. The Kier molecular flexibility index (Phi) is 5.86. The average Bonchev–Trinajstić information content (AvgIpc) is 3.18. The molecule has 0 unspecified atom stereocenters. The van der Waals surface area contributed by atoms with E-state index < -0.39 is 21.8 Å². The SMILES string of the molecule is CCOC(=O)c1cnn(-c2cc(C)c3cccc(C)c3n2)c1NS(=O)(=O)c1ccc(F)cc1. The second-order valence-electron chi connectivity index (χ2n) is 7.37. The molecule has 0 amide bonds. The highest BCUT2D eigenvalue weighted by Gasteiger charge is 2.26. The molecule has 1 N–H and O–H groups in total. The minimum atomic E-state index is -4.18. The fourth-order valence-electron chi connectivity index (χ4n) is 3.43. The summed E-state index contributed by atoms with van der Waals surface area (Å²) >= 11 is 0. The monoisotopic (exact) mass is 468 g/mol. The van der Waals surface area contributed by atoms with Crippen LogP contribution < -0.4 is 4.72 Å². The summed E-state index contributed by atoms with van der Waals surface area (Å²) in [5, 5.41) is 5.17. The van der Waals surface area contributed by atoms with E-state index in [-0.39, 0.29) is 22.9 Å². The van der Waals surface area contributed by atoms with Crippen LogP contribution in [0.4, 0.5) is 10.2 Å². The van der Waals surface area contributed by atoms with Gasteiger partial charge in [-0.15, -0.1) is 0 Å². The first-order chi connectivity index (χ1) is 15.7. The van der Waals surface area contributed by atoms with Crippen molar-refractivity contribution < 1.29 is 22.3 Å². The van der Waals surface area contributed by atoms with Gasteiger partial charge >= 0.3 is 5.97 Å². The molecule has 2 heterocycles. The maximum absolute atomic E-state index is 13.3. The van der Waals surface area contributed by atoms with E-state index in [2.05, 4.69) is 14.8 Å². The molecule has 2 aromatic heterocycles. The average molecular weight is 469 g/mol. The van der Waals surface area contributed by atoms with Gasteiger partial charge in [0.25, 0.3) is 10.0 Å². The highest BCUT2D eigenvalue weighted by atomic mass is 32.2. The number of para-hydroxylation sites is 1. The highest BCUT2D eigenvalue weighted by Crippen LogP contribution is 2.27. The third-order valence-electron chi connectivity index (χ3n) is 5.07. The maximum Gasteiger partial charge on any atom is 0.343 e. The Bertz CT molecular complexity index is 1460. The molecule has 0 saturated heterocycles. The number of ether oxygens (including phenoxy) is 1. The van der Waals surface area contributed by atoms with Crippen molar-refractivity contribution in [3.63, 3.8) is 0 Å². The van der Waals surface area contributed by atoms with E-state index in [1.54, 1.807) is 13.0 Å². The number of pyridine rings is 1. The standard InChI is InChI=1S/C23H21FN4O4S/c1-4-32-23(29)19-13-25-28(20-12-15(3)18-7-5-6-14(2)21(18)26-20)22(19)27-33(30,31)17-10-8-16(24)9-11-17/h5-13,27H,4H2,1-3H3. The fraction of sp³-hybridized carbons (Fsp3) is 0.174. The number of carbonyl (C=O) groups excluding carboxylic acids is 1. The molecule has 4 aromatic rings. The predicted octanol–water partition coefficient (Wildman–Crippen LogP) is 4.15. The van der Waals surface area contributed by atoms with Crippen LogP contribution in [-0.4, -0.2) is 35.8 Å². The molecule has 0 radical (unpaired) electrons. The molecule has 0 aliphatic heterocycles. The molecule has 0 aliphatic carbocycles. The molecule has 0 fully saturated rings. The molecule has 2 aromatic carbocycles.